The van der Waals surface area contributed by atoms with Crippen LogP contribution in [0, 0.1) is 0 Å². The molecule has 0 aliphatic rings. The van der Waals surface area contributed by atoms with Gasteiger partial charge in [0.1, 0.15) is 0 Å². The first kappa shape index (κ1) is 14.1. The van der Waals surface area contributed by atoms with Crippen molar-refractivity contribution in [1.82, 2.24) is 5.32 Å². The highest BCUT2D eigenvalue weighted by molar-refractivity contribution is 6.44. The molecule has 0 radical (unpaired) electrons. The number of benzene rings is 1. The van der Waals surface area contributed by atoms with Gasteiger partial charge in [-0.2, -0.15) is 0 Å². The molecular weight excluding hydrogens is 268 g/mol. The van der Waals surface area contributed by atoms with E-state index in [0.717, 1.165) is 5.56 Å². The molecule has 1 rings (SSSR count). The molecule has 0 aliphatic heterocycles. The molecule has 0 amide bonds. The van der Waals surface area contributed by atoms with Crippen molar-refractivity contribution in [1.29, 1.82) is 0 Å². The quantitative estimate of drug-likeness (QED) is 0.810. The van der Waals surface area contributed by atoms with Gasteiger partial charge in [-0.3, -0.25) is 0 Å². The normalized spacial score (nSPS) is 12.8. The van der Waals surface area contributed by atoms with Crippen LogP contribution in [0.5, 0.6) is 0 Å². The summed E-state index contributed by atoms with van der Waals surface area (Å²) in [7, 11) is 0. The van der Waals surface area contributed by atoms with E-state index in [9.17, 15) is 5.11 Å². The summed E-state index contributed by atoms with van der Waals surface area (Å²) in [5.41, 5.74) is 0.763. The van der Waals surface area contributed by atoms with Gasteiger partial charge in [0.05, 0.1) is 16.1 Å². The van der Waals surface area contributed by atoms with Crippen LogP contribution in [-0.2, 0) is 6.54 Å². The second kappa shape index (κ2) is 6.67. The van der Waals surface area contributed by atoms with Crippen molar-refractivity contribution in [3.05, 3.63) is 32.8 Å². The second-order valence-corrected chi connectivity index (χ2v) is 4.71. The maximum Gasteiger partial charge on any atom is 0.0662 e. The van der Waals surface area contributed by atoms with Crippen molar-refractivity contribution < 1.29 is 5.11 Å². The molecule has 5 heteroatoms. The number of halogens is 3. The van der Waals surface area contributed by atoms with E-state index < -0.39 is 0 Å². The minimum absolute atomic E-state index is 0.350. The molecule has 2 nitrogen and oxygen atoms in total. The summed E-state index contributed by atoms with van der Waals surface area (Å²) in [4.78, 5) is 0. The summed E-state index contributed by atoms with van der Waals surface area (Å²) >= 11 is 17.9. The fourth-order valence-corrected chi connectivity index (χ4v) is 1.92. The molecule has 0 aliphatic carbocycles. The number of rotatable bonds is 5. The monoisotopic (exact) mass is 281 g/mol. The third kappa shape index (κ3) is 3.79. The third-order valence-electron chi connectivity index (χ3n) is 2.29. The highest BCUT2D eigenvalue weighted by atomic mass is 35.5. The van der Waals surface area contributed by atoms with Gasteiger partial charge in [-0.1, -0.05) is 41.7 Å². The summed E-state index contributed by atoms with van der Waals surface area (Å²) in [5, 5.41) is 14.0. The molecule has 1 atom stereocenters. The van der Waals surface area contributed by atoms with Crippen LogP contribution >= 0.6 is 34.8 Å². The standard InChI is InChI=1S/C11H14Cl3NO/c1-2-7(16)5-15-6-8-9(12)3-4-10(13)11(8)14/h3-4,7,15-16H,2,5-6H2,1H3. The summed E-state index contributed by atoms with van der Waals surface area (Å²) in [5.74, 6) is 0. The van der Waals surface area contributed by atoms with Crippen molar-refractivity contribution in [2.75, 3.05) is 6.54 Å². The summed E-state index contributed by atoms with van der Waals surface area (Å²) in [6, 6.07) is 3.37. The van der Waals surface area contributed by atoms with E-state index in [4.69, 9.17) is 34.8 Å². The number of aliphatic hydroxyl groups is 1. The zero-order valence-corrected chi connectivity index (χ0v) is 11.2. The van der Waals surface area contributed by atoms with Crippen LogP contribution in [-0.4, -0.2) is 17.8 Å². The Bertz CT molecular complexity index is 357. The fraction of sp³-hybridized carbons (Fsp3) is 0.455. The van der Waals surface area contributed by atoms with Gasteiger partial charge in [-0.15, -0.1) is 0 Å². The highest BCUT2D eigenvalue weighted by Crippen LogP contribution is 2.31. The average molecular weight is 283 g/mol. The van der Waals surface area contributed by atoms with Crippen LogP contribution in [0.4, 0.5) is 0 Å². The van der Waals surface area contributed by atoms with Crippen LogP contribution in [0.1, 0.15) is 18.9 Å². The predicted octanol–water partition coefficient (Wildman–Crippen LogP) is 3.51. The zero-order valence-electron chi connectivity index (χ0n) is 8.93. The summed E-state index contributed by atoms with van der Waals surface area (Å²) in [6.45, 7) is 2.93. The van der Waals surface area contributed by atoms with Gasteiger partial charge in [-0.25, -0.2) is 0 Å². The molecule has 0 saturated heterocycles. The first-order valence-corrected chi connectivity index (χ1v) is 6.20. The smallest absolute Gasteiger partial charge is 0.0662 e. The Hall–Kier alpha value is 0.01000. The molecule has 0 aromatic heterocycles. The molecule has 0 saturated carbocycles. The van der Waals surface area contributed by atoms with E-state index in [1.165, 1.54) is 0 Å². The topological polar surface area (TPSA) is 32.3 Å². The highest BCUT2D eigenvalue weighted by Gasteiger charge is 2.09. The first-order chi connectivity index (χ1) is 7.56. The van der Waals surface area contributed by atoms with Crippen LogP contribution in [0.2, 0.25) is 15.1 Å². The van der Waals surface area contributed by atoms with Gasteiger partial charge in [0.15, 0.2) is 0 Å². The second-order valence-electron chi connectivity index (χ2n) is 3.51. The Morgan fingerprint density at radius 1 is 1.25 bits per heavy atom. The van der Waals surface area contributed by atoms with E-state index in [1.807, 2.05) is 6.92 Å². The lowest BCUT2D eigenvalue weighted by atomic mass is 10.2. The zero-order chi connectivity index (χ0) is 12.1. The van der Waals surface area contributed by atoms with Crippen molar-refractivity contribution in [2.24, 2.45) is 0 Å². The Kier molecular flexibility index (Phi) is 5.87. The van der Waals surface area contributed by atoms with Gasteiger partial charge in [-0.05, 0) is 18.6 Å². The molecular formula is C11H14Cl3NO. The molecule has 0 spiro atoms. The molecule has 2 N–H and O–H groups in total. The van der Waals surface area contributed by atoms with Crippen molar-refractivity contribution in [3.63, 3.8) is 0 Å². The van der Waals surface area contributed by atoms with E-state index in [0.29, 0.717) is 34.6 Å². The molecule has 0 heterocycles. The fourth-order valence-electron chi connectivity index (χ4n) is 1.24. The Morgan fingerprint density at radius 3 is 2.50 bits per heavy atom. The molecule has 0 bridgehead atoms. The lowest BCUT2D eigenvalue weighted by Crippen LogP contribution is -2.25. The molecule has 16 heavy (non-hydrogen) atoms. The van der Waals surface area contributed by atoms with Crippen molar-refractivity contribution in [3.8, 4) is 0 Å². The van der Waals surface area contributed by atoms with Gasteiger partial charge in [0.2, 0.25) is 0 Å². The Balaban J connectivity index is 2.63. The summed E-state index contributed by atoms with van der Waals surface area (Å²) < 4.78 is 0. The number of aliphatic hydroxyl groups excluding tert-OH is 1. The maximum atomic E-state index is 9.37. The maximum absolute atomic E-state index is 9.37. The van der Waals surface area contributed by atoms with Crippen LogP contribution < -0.4 is 5.32 Å². The SMILES string of the molecule is CCC(O)CNCc1c(Cl)ccc(Cl)c1Cl. The molecule has 1 aromatic carbocycles. The Labute approximate surface area is 111 Å². The van der Waals surface area contributed by atoms with Crippen molar-refractivity contribution in [2.45, 2.75) is 26.0 Å². The van der Waals surface area contributed by atoms with Gasteiger partial charge >= 0.3 is 0 Å². The van der Waals surface area contributed by atoms with E-state index in [-0.39, 0.29) is 6.10 Å². The minimum Gasteiger partial charge on any atom is -0.392 e. The number of hydrogen-bond donors (Lipinski definition) is 2. The summed E-state index contributed by atoms with van der Waals surface area (Å²) in [6.07, 6.45) is 0.362. The average Bonchev–Trinajstić information content (AvgIpc) is 2.28. The molecule has 0 fully saturated rings. The lowest BCUT2D eigenvalue weighted by Gasteiger charge is -2.12. The van der Waals surface area contributed by atoms with Crippen LogP contribution in [0.3, 0.4) is 0 Å². The van der Waals surface area contributed by atoms with Gasteiger partial charge in [0, 0.05) is 23.7 Å². The molecule has 90 valence electrons. The van der Waals surface area contributed by atoms with Crippen LogP contribution in [0.15, 0.2) is 12.1 Å². The molecule has 1 aromatic rings. The number of hydrogen-bond acceptors (Lipinski definition) is 2. The van der Waals surface area contributed by atoms with Crippen LogP contribution in [0.25, 0.3) is 0 Å². The molecule has 1 unspecified atom stereocenters. The van der Waals surface area contributed by atoms with Gasteiger partial charge < -0.3 is 10.4 Å². The van der Waals surface area contributed by atoms with E-state index in [2.05, 4.69) is 5.32 Å². The predicted molar refractivity (Wildman–Crippen MR) is 69.5 cm³/mol. The van der Waals surface area contributed by atoms with Gasteiger partial charge in [0.25, 0.3) is 0 Å². The first-order valence-electron chi connectivity index (χ1n) is 5.07. The third-order valence-corrected chi connectivity index (χ3v) is 3.49. The van der Waals surface area contributed by atoms with E-state index in [1.54, 1.807) is 12.1 Å². The minimum atomic E-state index is -0.350. The largest absolute Gasteiger partial charge is 0.392 e. The Morgan fingerprint density at radius 2 is 1.88 bits per heavy atom. The van der Waals surface area contributed by atoms with Crippen molar-refractivity contribution >= 4 is 34.8 Å². The van der Waals surface area contributed by atoms with E-state index >= 15 is 0 Å². The lowest BCUT2D eigenvalue weighted by molar-refractivity contribution is 0.167. The number of nitrogens with one attached hydrogen (secondary N) is 1.